The van der Waals surface area contributed by atoms with E-state index < -0.39 is 0 Å². The van der Waals surface area contributed by atoms with E-state index in [1.807, 2.05) is 0 Å². The van der Waals surface area contributed by atoms with Crippen molar-refractivity contribution in [2.45, 2.75) is 40.2 Å². The Kier molecular flexibility index (Phi) is 4.83. The van der Waals surface area contributed by atoms with Crippen molar-refractivity contribution in [2.75, 3.05) is 6.54 Å². The van der Waals surface area contributed by atoms with Gasteiger partial charge < -0.3 is 5.32 Å². The van der Waals surface area contributed by atoms with Crippen LogP contribution in [0.15, 0.2) is 24.3 Å². The smallest absolute Gasteiger partial charge is 0.0291 e. The fraction of sp³-hybridized carbons (Fsp3) is 0.571. The van der Waals surface area contributed by atoms with Crippen molar-refractivity contribution in [2.24, 2.45) is 5.92 Å². The molecule has 0 spiro atoms. The Labute approximate surface area is 93.9 Å². The van der Waals surface area contributed by atoms with Gasteiger partial charge >= 0.3 is 0 Å². The molecule has 1 N–H and O–H groups in total. The average molecular weight is 205 g/mol. The van der Waals surface area contributed by atoms with Gasteiger partial charge in [0.1, 0.15) is 0 Å². The normalized spacial score (nSPS) is 13.1. The van der Waals surface area contributed by atoms with Crippen LogP contribution in [0.1, 0.15) is 44.9 Å². The van der Waals surface area contributed by atoms with E-state index in [0.717, 1.165) is 13.0 Å². The highest BCUT2D eigenvalue weighted by Crippen LogP contribution is 2.13. The molecule has 0 aromatic heterocycles. The molecule has 1 heteroatoms. The molecular weight excluding hydrogens is 182 g/mol. The minimum atomic E-state index is 0.457. The van der Waals surface area contributed by atoms with Crippen molar-refractivity contribution in [1.29, 1.82) is 0 Å². The molecular formula is C14H23N. The summed E-state index contributed by atoms with van der Waals surface area (Å²) in [6, 6.07) is 9.37. The standard InChI is InChI=1S/C14H23N/c1-5-13-6-8-14(9-7-13)12(4)15-10-11(2)3/h6-9,11-12,15H,5,10H2,1-4H3. The minimum absolute atomic E-state index is 0.457. The average Bonchev–Trinajstić information content (AvgIpc) is 2.26. The third-order valence-electron chi connectivity index (χ3n) is 2.72. The predicted molar refractivity (Wildman–Crippen MR) is 67.1 cm³/mol. The van der Waals surface area contributed by atoms with Crippen LogP contribution in [-0.4, -0.2) is 6.54 Å². The summed E-state index contributed by atoms with van der Waals surface area (Å²) in [6.45, 7) is 9.97. The van der Waals surface area contributed by atoms with Crippen LogP contribution in [0.25, 0.3) is 0 Å². The first-order valence-corrected chi connectivity index (χ1v) is 5.95. The van der Waals surface area contributed by atoms with Gasteiger partial charge in [0.15, 0.2) is 0 Å². The third-order valence-corrected chi connectivity index (χ3v) is 2.72. The lowest BCUT2D eigenvalue weighted by Gasteiger charge is -2.16. The summed E-state index contributed by atoms with van der Waals surface area (Å²) in [6.07, 6.45) is 1.12. The summed E-state index contributed by atoms with van der Waals surface area (Å²) < 4.78 is 0. The molecule has 1 unspecified atom stereocenters. The summed E-state index contributed by atoms with van der Waals surface area (Å²) in [5.74, 6) is 0.711. The highest BCUT2D eigenvalue weighted by Gasteiger charge is 2.04. The minimum Gasteiger partial charge on any atom is -0.310 e. The molecule has 0 bridgehead atoms. The fourth-order valence-electron chi connectivity index (χ4n) is 1.57. The maximum absolute atomic E-state index is 3.54. The number of benzene rings is 1. The first-order chi connectivity index (χ1) is 7.13. The van der Waals surface area contributed by atoms with Gasteiger partial charge in [0.05, 0.1) is 0 Å². The molecule has 0 aliphatic rings. The molecule has 15 heavy (non-hydrogen) atoms. The van der Waals surface area contributed by atoms with Crippen molar-refractivity contribution in [3.8, 4) is 0 Å². The summed E-state index contributed by atoms with van der Waals surface area (Å²) in [7, 11) is 0. The first kappa shape index (κ1) is 12.3. The van der Waals surface area contributed by atoms with Crippen molar-refractivity contribution < 1.29 is 0 Å². The zero-order chi connectivity index (χ0) is 11.3. The number of nitrogens with one attached hydrogen (secondary N) is 1. The van der Waals surface area contributed by atoms with Crippen molar-refractivity contribution in [3.63, 3.8) is 0 Å². The van der Waals surface area contributed by atoms with E-state index in [4.69, 9.17) is 0 Å². The number of rotatable bonds is 5. The second-order valence-electron chi connectivity index (χ2n) is 4.62. The van der Waals surface area contributed by atoms with Crippen molar-refractivity contribution >= 4 is 0 Å². The van der Waals surface area contributed by atoms with Crippen LogP contribution >= 0.6 is 0 Å². The lowest BCUT2D eigenvalue weighted by atomic mass is 10.0. The molecule has 0 amide bonds. The van der Waals surface area contributed by atoms with E-state index in [1.54, 1.807) is 0 Å². The van der Waals surface area contributed by atoms with Crippen LogP contribution in [0.3, 0.4) is 0 Å². The molecule has 1 nitrogen and oxygen atoms in total. The molecule has 0 radical (unpaired) electrons. The second kappa shape index (κ2) is 5.92. The molecule has 0 aliphatic carbocycles. The van der Waals surface area contributed by atoms with Crippen LogP contribution < -0.4 is 5.32 Å². The molecule has 1 atom stereocenters. The Morgan fingerprint density at radius 1 is 1.07 bits per heavy atom. The van der Waals surface area contributed by atoms with Gasteiger partial charge in [-0.25, -0.2) is 0 Å². The molecule has 84 valence electrons. The number of aryl methyl sites for hydroxylation is 1. The van der Waals surface area contributed by atoms with Crippen molar-refractivity contribution in [3.05, 3.63) is 35.4 Å². The maximum atomic E-state index is 3.54. The van der Waals surface area contributed by atoms with Crippen LogP contribution in [0.4, 0.5) is 0 Å². The summed E-state index contributed by atoms with van der Waals surface area (Å²) in [5, 5.41) is 3.54. The maximum Gasteiger partial charge on any atom is 0.0291 e. The van der Waals surface area contributed by atoms with Gasteiger partial charge in [0, 0.05) is 6.04 Å². The highest BCUT2D eigenvalue weighted by atomic mass is 14.9. The predicted octanol–water partition coefficient (Wildman–Crippen LogP) is 3.56. The third kappa shape index (κ3) is 4.05. The van der Waals surface area contributed by atoms with Gasteiger partial charge in [-0.15, -0.1) is 0 Å². The monoisotopic (exact) mass is 205 g/mol. The van der Waals surface area contributed by atoms with Gasteiger partial charge in [-0.05, 0) is 36.9 Å². The lowest BCUT2D eigenvalue weighted by molar-refractivity contribution is 0.496. The van der Waals surface area contributed by atoms with Gasteiger partial charge in [0.25, 0.3) is 0 Å². The Morgan fingerprint density at radius 2 is 1.67 bits per heavy atom. The molecule has 0 saturated heterocycles. The second-order valence-corrected chi connectivity index (χ2v) is 4.62. The topological polar surface area (TPSA) is 12.0 Å². The van der Waals surface area contributed by atoms with Crippen LogP contribution in [0.2, 0.25) is 0 Å². The quantitative estimate of drug-likeness (QED) is 0.775. The highest BCUT2D eigenvalue weighted by molar-refractivity contribution is 5.24. The summed E-state index contributed by atoms with van der Waals surface area (Å²) in [4.78, 5) is 0. The number of hydrogen-bond donors (Lipinski definition) is 1. The molecule has 0 aliphatic heterocycles. The van der Waals surface area contributed by atoms with Gasteiger partial charge in [0.2, 0.25) is 0 Å². The molecule has 1 aromatic rings. The summed E-state index contributed by atoms with van der Waals surface area (Å²) >= 11 is 0. The van der Waals surface area contributed by atoms with E-state index >= 15 is 0 Å². The van der Waals surface area contributed by atoms with E-state index in [0.29, 0.717) is 12.0 Å². The Balaban J connectivity index is 2.54. The van der Waals surface area contributed by atoms with Crippen LogP contribution in [0.5, 0.6) is 0 Å². The Hall–Kier alpha value is -0.820. The first-order valence-electron chi connectivity index (χ1n) is 5.95. The molecule has 0 saturated carbocycles. The lowest BCUT2D eigenvalue weighted by Crippen LogP contribution is -2.23. The van der Waals surface area contributed by atoms with Crippen molar-refractivity contribution in [1.82, 2.24) is 5.32 Å². The Morgan fingerprint density at radius 3 is 2.13 bits per heavy atom. The zero-order valence-corrected chi connectivity index (χ0v) is 10.4. The van der Waals surface area contributed by atoms with E-state index in [2.05, 4.69) is 57.3 Å². The van der Waals surface area contributed by atoms with E-state index in [-0.39, 0.29) is 0 Å². The van der Waals surface area contributed by atoms with Crippen LogP contribution in [0, 0.1) is 5.92 Å². The number of hydrogen-bond acceptors (Lipinski definition) is 1. The molecule has 0 fully saturated rings. The van der Waals surface area contributed by atoms with E-state index in [1.165, 1.54) is 11.1 Å². The largest absolute Gasteiger partial charge is 0.310 e. The molecule has 1 aromatic carbocycles. The van der Waals surface area contributed by atoms with Gasteiger partial charge in [-0.2, -0.15) is 0 Å². The summed E-state index contributed by atoms with van der Waals surface area (Å²) in [5.41, 5.74) is 2.79. The molecule has 1 rings (SSSR count). The van der Waals surface area contributed by atoms with E-state index in [9.17, 15) is 0 Å². The SMILES string of the molecule is CCc1ccc(C(C)NCC(C)C)cc1. The Bertz CT molecular complexity index is 274. The van der Waals surface area contributed by atoms with Gasteiger partial charge in [-0.1, -0.05) is 45.0 Å². The fourth-order valence-corrected chi connectivity index (χ4v) is 1.57. The molecule has 0 heterocycles. The van der Waals surface area contributed by atoms with Crippen LogP contribution in [-0.2, 0) is 6.42 Å². The zero-order valence-electron chi connectivity index (χ0n) is 10.4. The van der Waals surface area contributed by atoms with Gasteiger partial charge in [-0.3, -0.25) is 0 Å².